The molecule has 0 aliphatic carbocycles. The van der Waals surface area contributed by atoms with E-state index in [1.54, 1.807) is 14.2 Å². The Labute approximate surface area is 105 Å². The van der Waals surface area contributed by atoms with E-state index in [2.05, 4.69) is 0 Å². The van der Waals surface area contributed by atoms with Crippen LogP contribution in [-0.2, 0) is 23.1 Å². The van der Waals surface area contributed by atoms with Gasteiger partial charge in [0.1, 0.15) is 6.10 Å². The minimum atomic E-state index is -2.02. The molecule has 1 heterocycles. The van der Waals surface area contributed by atoms with Crippen LogP contribution in [0.4, 0.5) is 0 Å². The quantitative estimate of drug-likeness (QED) is 0.340. The van der Waals surface area contributed by atoms with Gasteiger partial charge in [-0.25, -0.2) is 0 Å². The number of hydrogen-bond acceptors (Lipinski definition) is 5. The minimum absolute atomic E-state index is 0.179. The molecule has 1 rings (SSSR count). The Balaban J connectivity index is 2.25. The lowest BCUT2D eigenvalue weighted by Crippen LogP contribution is -2.37. The molecule has 6 heteroatoms. The highest BCUT2D eigenvalue weighted by molar-refractivity contribution is 6.65. The first-order valence-corrected chi connectivity index (χ1v) is 8.61. The highest BCUT2D eigenvalue weighted by atomic mass is 28.4. The molecule has 5 nitrogen and oxygen atoms in total. The van der Waals surface area contributed by atoms with Crippen LogP contribution < -0.4 is 0 Å². The standard InChI is InChI=1S/C11H24O5Si/c1-5-14-11(16-9-10-8-15-10)6-7-17(4,12-2)13-3/h10-11H,5-9H2,1-4H3. The zero-order chi connectivity index (χ0) is 12.7. The second kappa shape index (κ2) is 7.45. The lowest BCUT2D eigenvalue weighted by atomic mass is 10.4. The maximum absolute atomic E-state index is 5.65. The molecule has 0 aromatic heterocycles. The number of rotatable bonds is 10. The van der Waals surface area contributed by atoms with Gasteiger partial charge in [0, 0.05) is 27.2 Å². The first kappa shape index (κ1) is 15.1. The molecule has 0 aromatic carbocycles. The molecule has 102 valence electrons. The second-order valence-corrected chi connectivity index (χ2v) is 7.84. The zero-order valence-electron chi connectivity index (χ0n) is 11.2. The molecule has 1 aliphatic rings. The van der Waals surface area contributed by atoms with E-state index in [4.69, 9.17) is 23.1 Å². The molecule has 0 bridgehead atoms. The summed E-state index contributed by atoms with van der Waals surface area (Å²) in [4.78, 5) is 0. The predicted molar refractivity (Wildman–Crippen MR) is 66.2 cm³/mol. The summed E-state index contributed by atoms with van der Waals surface area (Å²) < 4.78 is 27.2. The van der Waals surface area contributed by atoms with Crippen LogP contribution in [0.25, 0.3) is 0 Å². The summed E-state index contributed by atoms with van der Waals surface area (Å²) in [5.74, 6) is 0. The van der Waals surface area contributed by atoms with Crippen LogP contribution in [0, 0.1) is 0 Å². The Morgan fingerprint density at radius 2 is 1.94 bits per heavy atom. The Morgan fingerprint density at radius 3 is 2.41 bits per heavy atom. The molecule has 1 saturated heterocycles. The van der Waals surface area contributed by atoms with Crippen molar-refractivity contribution in [3.63, 3.8) is 0 Å². The van der Waals surface area contributed by atoms with Crippen LogP contribution >= 0.6 is 0 Å². The van der Waals surface area contributed by atoms with Crippen molar-refractivity contribution in [1.29, 1.82) is 0 Å². The summed E-state index contributed by atoms with van der Waals surface area (Å²) in [6.07, 6.45) is 0.887. The third-order valence-electron chi connectivity index (χ3n) is 2.92. The molecule has 2 unspecified atom stereocenters. The summed E-state index contributed by atoms with van der Waals surface area (Å²) >= 11 is 0. The molecule has 1 aliphatic heterocycles. The number of epoxide rings is 1. The monoisotopic (exact) mass is 264 g/mol. The average molecular weight is 264 g/mol. The molecule has 0 aromatic rings. The van der Waals surface area contributed by atoms with Gasteiger partial charge in [-0.15, -0.1) is 0 Å². The average Bonchev–Trinajstić information content (AvgIpc) is 3.16. The lowest BCUT2D eigenvalue weighted by molar-refractivity contribution is -0.143. The van der Waals surface area contributed by atoms with E-state index in [0.717, 1.165) is 19.1 Å². The fourth-order valence-electron chi connectivity index (χ4n) is 1.45. The van der Waals surface area contributed by atoms with Crippen LogP contribution in [0.1, 0.15) is 13.3 Å². The van der Waals surface area contributed by atoms with Crippen LogP contribution in [0.3, 0.4) is 0 Å². The van der Waals surface area contributed by atoms with Crippen LogP contribution in [0.2, 0.25) is 12.6 Å². The van der Waals surface area contributed by atoms with E-state index in [-0.39, 0.29) is 12.4 Å². The van der Waals surface area contributed by atoms with E-state index >= 15 is 0 Å². The molecule has 0 N–H and O–H groups in total. The first-order valence-electron chi connectivity index (χ1n) is 6.08. The van der Waals surface area contributed by atoms with E-state index in [1.807, 2.05) is 13.5 Å². The SMILES string of the molecule is CCOC(CC[Si](C)(OC)OC)OCC1CO1. The van der Waals surface area contributed by atoms with Crippen molar-refractivity contribution in [2.45, 2.75) is 38.3 Å². The Kier molecular flexibility index (Phi) is 6.61. The topological polar surface area (TPSA) is 49.5 Å². The molecule has 0 saturated carbocycles. The van der Waals surface area contributed by atoms with Crippen molar-refractivity contribution in [2.24, 2.45) is 0 Å². The molecule has 2 atom stereocenters. The van der Waals surface area contributed by atoms with Crippen molar-refractivity contribution in [2.75, 3.05) is 34.0 Å². The molecule has 0 radical (unpaired) electrons. The van der Waals surface area contributed by atoms with Gasteiger partial charge in [-0.2, -0.15) is 0 Å². The molecular weight excluding hydrogens is 240 g/mol. The fraction of sp³-hybridized carbons (Fsp3) is 1.00. The van der Waals surface area contributed by atoms with Gasteiger partial charge in [-0.3, -0.25) is 0 Å². The third-order valence-corrected chi connectivity index (χ3v) is 5.84. The highest BCUT2D eigenvalue weighted by Gasteiger charge is 2.31. The smallest absolute Gasteiger partial charge is 0.334 e. The van der Waals surface area contributed by atoms with E-state index in [1.165, 1.54) is 0 Å². The predicted octanol–water partition coefficient (Wildman–Crippen LogP) is 1.52. The van der Waals surface area contributed by atoms with Crippen molar-refractivity contribution >= 4 is 8.56 Å². The number of ether oxygens (including phenoxy) is 3. The van der Waals surface area contributed by atoms with Gasteiger partial charge in [0.25, 0.3) is 0 Å². The van der Waals surface area contributed by atoms with Crippen molar-refractivity contribution in [3.8, 4) is 0 Å². The summed E-state index contributed by atoms with van der Waals surface area (Å²) in [6, 6.07) is 0.857. The van der Waals surface area contributed by atoms with Gasteiger partial charge in [0.15, 0.2) is 6.29 Å². The van der Waals surface area contributed by atoms with Crippen molar-refractivity contribution in [3.05, 3.63) is 0 Å². The van der Waals surface area contributed by atoms with Gasteiger partial charge in [0.2, 0.25) is 0 Å². The molecule has 1 fully saturated rings. The highest BCUT2D eigenvalue weighted by Crippen LogP contribution is 2.18. The maximum Gasteiger partial charge on any atom is 0.334 e. The summed E-state index contributed by atoms with van der Waals surface area (Å²) in [7, 11) is 1.38. The zero-order valence-corrected chi connectivity index (χ0v) is 12.2. The van der Waals surface area contributed by atoms with Gasteiger partial charge in [-0.05, 0) is 19.5 Å². The molecule has 17 heavy (non-hydrogen) atoms. The van der Waals surface area contributed by atoms with Crippen molar-refractivity contribution < 1.29 is 23.1 Å². The van der Waals surface area contributed by atoms with E-state index in [9.17, 15) is 0 Å². The van der Waals surface area contributed by atoms with Crippen LogP contribution in [0.5, 0.6) is 0 Å². The Bertz CT molecular complexity index is 206. The third kappa shape index (κ3) is 5.94. The summed E-state index contributed by atoms with van der Waals surface area (Å²) in [5.41, 5.74) is 0. The lowest BCUT2D eigenvalue weighted by Gasteiger charge is -2.25. The normalized spacial score (nSPS) is 21.5. The van der Waals surface area contributed by atoms with E-state index in [0.29, 0.717) is 13.2 Å². The first-order chi connectivity index (χ1) is 8.13. The molecule has 0 amide bonds. The van der Waals surface area contributed by atoms with Gasteiger partial charge in [0.05, 0.1) is 13.2 Å². The summed E-state index contributed by atoms with van der Waals surface area (Å²) in [5, 5.41) is 0. The van der Waals surface area contributed by atoms with Gasteiger partial charge < -0.3 is 23.1 Å². The second-order valence-electron chi connectivity index (χ2n) is 4.25. The van der Waals surface area contributed by atoms with Crippen LogP contribution in [0.15, 0.2) is 0 Å². The maximum atomic E-state index is 5.65. The largest absolute Gasteiger partial charge is 0.398 e. The Hall–Kier alpha value is 0.0169. The van der Waals surface area contributed by atoms with Crippen LogP contribution in [-0.4, -0.2) is 55.0 Å². The minimum Gasteiger partial charge on any atom is -0.398 e. The molecule has 0 spiro atoms. The van der Waals surface area contributed by atoms with Gasteiger partial charge in [-0.1, -0.05) is 0 Å². The van der Waals surface area contributed by atoms with Crippen molar-refractivity contribution in [1.82, 2.24) is 0 Å². The van der Waals surface area contributed by atoms with E-state index < -0.39 is 8.56 Å². The number of hydrogen-bond donors (Lipinski definition) is 0. The molecular formula is C11H24O5Si. The Morgan fingerprint density at radius 1 is 1.29 bits per heavy atom. The fourth-order valence-corrected chi connectivity index (χ4v) is 2.78. The van der Waals surface area contributed by atoms with Gasteiger partial charge >= 0.3 is 8.56 Å². The summed E-state index contributed by atoms with van der Waals surface area (Å²) in [6.45, 7) is 6.08.